The van der Waals surface area contributed by atoms with Gasteiger partial charge in [-0.05, 0) is 30.5 Å². The molecule has 0 amide bonds. The molecule has 1 heterocycles. The highest BCUT2D eigenvalue weighted by Gasteiger charge is 2.27. The molecule has 1 aliphatic heterocycles. The quantitative estimate of drug-likeness (QED) is 0.819. The number of methoxy groups -OCH3 is 1. The first-order valence-corrected chi connectivity index (χ1v) is 7.36. The van der Waals surface area contributed by atoms with Crippen molar-refractivity contribution in [3.05, 3.63) is 34.6 Å². The predicted molar refractivity (Wildman–Crippen MR) is 77.6 cm³/mol. The van der Waals surface area contributed by atoms with E-state index in [-0.39, 0.29) is 16.9 Å². The third-order valence-corrected chi connectivity index (χ3v) is 3.91. The lowest BCUT2D eigenvalue weighted by Gasteiger charge is -2.32. The Hall–Kier alpha value is -0.680. The zero-order valence-electron chi connectivity index (χ0n) is 11.7. The molecule has 5 heteroatoms. The summed E-state index contributed by atoms with van der Waals surface area (Å²) in [6, 6.07) is 4.93. The Morgan fingerprint density at radius 1 is 1.50 bits per heavy atom. The summed E-state index contributed by atoms with van der Waals surface area (Å²) in [6.45, 7) is 3.07. The average molecular weight is 302 g/mol. The largest absolute Gasteiger partial charge is 0.383 e. The molecule has 0 aromatic heterocycles. The molecule has 1 aromatic rings. The maximum absolute atomic E-state index is 13.6. The van der Waals surface area contributed by atoms with E-state index >= 15 is 0 Å². The fraction of sp³-hybridized carbons (Fsp3) is 0.600. The Morgan fingerprint density at radius 2 is 2.35 bits per heavy atom. The molecule has 0 saturated carbocycles. The number of benzene rings is 1. The number of hydrogen-bond donors (Lipinski definition) is 1. The van der Waals surface area contributed by atoms with Gasteiger partial charge in [0, 0.05) is 32.7 Å². The molecule has 1 aromatic carbocycles. The van der Waals surface area contributed by atoms with Gasteiger partial charge in [0.1, 0.15) is 5.82 Å². The van der Waals surface area contributed by atoms with Gasteiger partial charge in [-0.1, -0.05) is 17.7 Å². The Kier molecular flexibility index (Phi) is 6.23. The lowest BCUT2D eigenvalue weighted by Crippen LogP contribution is -2.33. The van der Waals surface area contributed by atoms with Gasteiger partial charge >= 0.3 is 0 Å². The molecular weight excluding hydrogens is 281 g/mol. The van der Waals surface area contributed by atoms with E-state index in [1.165, 1.54) is 6.07 Å². The summed E-state index contributed by atoms with van der Waals surface area (Å²) in [7, 11) is 1.69. The minimum atomic E-state index is -0.385. The third-order valence-electron chi connectivity index (χ3n) is 3.61. The second-order valence-electron chi connectivity index (χ2n) is 5.06. The molecular formula is C15H21ClFNO2. The van der Waals surface area contributed by atoms with Gasteiger partial charge in [0.15, 0.2) is 0 Å². The zero-order valence-corrected chi connectivity index (χ0v) is 12.5. The summed E-state index contributed by atoms with van der Waals surface area (Å²) in [6.07, 6.45) is 2.06. The summed E-state index contributed by atoms with van der Waals surface area (Å²) in [5.74, 6) is -0.0365. The van der Waals surface area contributed by atoms with Crippen molar-refractivity contribution in [3.63, 3.8) is 0 Å². The molecule has 2 unspecified atom stereocenters. The van der Waals surface area contributed by atoms with Crippen LogP contribution in [0.3, 0.4) is 0 Å². The van der Waals surface area contributed by atoms with Crippen LogP contribution in [0.25, 0.3) is 0 Å². The molecule has 1 fully saturated rings. The molecule has 3 nitrogen and oxygen atoms in total. The summed E-state index contributed by atoms with van der Waals surface area (Å²) in [5, 5.41) is 3.51. The summed E-state index contributed by atoms with van der Waals surface area (Å²) >= 11 is 5.73. The van der Waals surface area contributed by atoms with Crippen LogP contribution in [0, 0.1) is 11.7 Å². The van der Waals surface area contributed by atoms with Crippen LogP contribution in [0.1, 0.15) is 24.5 Å². The van der Waals surface area contributed by atoms with E-state index in [0.29, 0.717) is 12.5 Å². The normalized spacial score (nSPS) is 22.9. The van der Waals surface area contributed by atoms with Crippen molar-refractivity contribution >= 4 is 11.6 Å². The second kappa shape index (κ2) is 7.93. The lowest BCUT2D eigenvalue weighted by molar-refractivity contribution is -0.0281. The lowest BCUT2D eigenvalue weighted by atomic mass is 9.89. The van der Waals surface area contributed by atoms with E-state index in [1.807, 2.05) is 6.07 Å². The highest BCUT2D eigenvalue weighted by molar-refractivity contribution is 6.30. The van der Waals surface area contributed by atoms with E-state index in [9.17, 15) is 4.39 Å². The van der Waals surface area contributed by atoms with Crippen molar-refractivity contribution in [2.75, 3.05) is 33.4 Å². The van der Waals surface area contributed by atoms with E-state index in [1.54, 1.807) is 13.2 Å². The highest BCUT2D eigenvalue weighted by atomic mass is 35.5. The van der Waals surface area contributed by atoms with E-state index in [4.69, 9.17) is 21.1 Å². The molecule has 0 radical (unpaired) electrons. The SMILES string of the molecule is COCCNCC1CCCOC1c1ccc(Cl)c(F)c1. The number of hydrogen-bond acceptors (Lipinski definition) is 3. The number of rotatable bonds is 6. The van der Waals surface area contributed by atoms with Gasteiger partial charge < -0.3 is 14.8 Å². The third kappa shape index (κ3) is 4.16. The highest BCUT2D eigenvalue weighted by Crippen LogP contribution is 2.34. The molecule has 1 N–H and O–H groups in total. The monoisotopic (exact) mass is 301 g/mol. The van der Waals surface area contributed by atoms with Gasteiger partial charge in [-0.2, -0.15) is 0 Å². The predicted octanol–water partition coefficient (Wildman–Crippen LogP) is 3.18. The van der Waals surface area contributed by atoms with Crippen molar-refractivity contribution in [3.8, 4) is 0 Å². The topological polar surface area (TPSA) is 30.5 Å². The Labute approximate surface area is 124 Å². The van der Waals surface area contributed by atoms with Gasteiger partial charge in [0.2, 0.25) is 0 Å². The van der Waals surface area contributed by atoms with Crippen LogP contribution < -0.4 is 5.32 Å². The fourth-order valence-electron chi connectivity index (χ4n) is 2.57. The minimum absolute atomic E-state index is 0.0643. The van der Waals surface area contributed by atoms with Crippen LogP contribution in [0.4, 0.5) is 4.39 Å². The molecule has 2 rings (SSSR count). The summed E-state index contributed by atoms with van der Waals surface area (Å²) in [4.78, 5) is 0. The molecule has 0 aliphatic carbocycles. The first kappa shape index (κ1) is 15.7. The van der Waals surface area contributed by atoms with Gasteiger partial charge in [-0.3, -0.25) is 0 Å². The van der Waals surface area contributed by atoms with E-state index in [0.717, 1.165) is 38.1 Å². The Bertz CT molecular complexity index is 430. The molecule has 1 saturated heterocycles. The Balaban J connectivity index is 2.00. The van der Waals surface area contributed by atoms with Gasteiger partial charge in [0.25, 0.3) is 0 Å². The van der Waals surface area contributed by atoms with Crippen molar-refractivity contribution in [2.24, 2.45) is 5.92 Å². The molecule has 0 bridgehead atoms. The zero-order chi connectivity index (χ0) is 14.4. The van der Waals surface area contributed by atoms with Crippen LogP contribution in [-0.2, 0) is 9.47 Å². The number of ether oxygens (including phenoxy) is 2. The van der Waals surface area contributed by atoms with Crippen molar-refractivity contribution in [1.82, 2.24) is 5.32 Å². The van der Waals surface area contributed by atoms with Gasteiger partial charge in [0.05, 0.1) is 17.7 Å². The first-order chi connectivity index (χ1) is 9.72. The first-order valence-electron chi connectivity index (χ1n) is 6.98. The van der Waals surface area contributed by atoms with Crippen LogP contribution >= 0.6 is 11.6 Å². The minimum Gasteiger partial charge on any atom is -0.383 e. The fourth-order valence-corrected chi connectivity index (χ4v) is 2.69. The van der Waals surface area contributed by atoms with Gasteiger partial charge in [-0.25, -0.2) is 4.39 Å². The second-order valence-corrected chi connectivity index (χ2v) is 5.47. The number of halogens is 2. The molecule has 1 aliphatic rings. The summed E-state index contributed by atoms with van der Waals surface area (Å²) in [5.41, 5.74) is 0.866. The van der Waals surface area contributed by atoms with Crippen LogP contribution in [0.15, 0.2) is 18.2 Å². The smallest absolute Gasteiger partial charge is 0.142 e. The molecule has 20 heavy (non-hydrogen) atoms. The van der Waals surface area contributed by atoms with E-state index < -0.39 is 0 Å². The van der Waals surface area contributed by atoms with Crippen molar-refractivity contribution < 1.29 is 13.9 Å². The van der Waals surface area contributed by atoms with Crippen LogP contribution in [0.2, 0.25) is 5.02 Å². The maximum Gasteiger partial charge on any atom is 0.142 e. The Morgan fingerprint density at radius 3 is 3.10 bits per heavy atom. The molecule has 2 atom stereocenters. The van der Waals surface area contributed by atoms with Crippen LogP contribution in [0.5, 0.6) is 0 Å². The molecule has 0 spiro atoms. The standard InChI is InChI=1S/C15H21ClFNO2/c1-19-8-6-18-10-12-3-2-7-20-15(12)11-4-5-13(16)14(17)9-11/h4-5,9,12,15,18H,2-3,6-8,10H2,1H3. The average Bonchev–Trinajstić information content (AvgIpc) is 2.47. The number of nitrogens with one attached hydrogen (secondary N) is 1. The summed E-state index contributed by atoms with van der Waals surface area (Å²) < 4.78 is 24.5. The van der Waals surface area contributed by atoms with Crippen molar-refractivity contribution in [2.45, 2.75) is 18.9 Å². The van der Waals surface area contributed by atoms with Crippen LogP contribution in [-0.4, -0.2) is 33.4 Å². The molecule has 112 valence electrons. The van der Waals surface area contributed by atoms with E-state index in [2.05, 4.69) is 5.32 Å². The van der Waals surface area contributed by atoms with Gasteiger partial charge in [-0.15, -0.1) is 0 Å². The maximum atomic E-state index is 13.6. The van der Waals surface area contributed by atoms with Crippen molar-refractivity contribution in [1.29, 1.82) is 0 Å².